The Kier molecular flexibility index (Phi) is 5.38. The molecule has 0 aliphatic carbocycles. The van der Waals surface area contributed by atoms with E-state index in [0.717, 1.165) is 18.8 Å². The van der Waals surface area contributed by atoms with Crippen molar-refractivity contribution < 1.29 is 13.2 Å². The maximum Gasteiger partial charge on any atom is 0.238 e. The van der Waals surface area contributed by atoms with Gasteiger partial charge in [-0.3, -0.25) is 4.79 Å². The zero-order chi connectivity index (χ0) is 16.2. The molecule has 0 bridgehead atoms. The smallest absolute Gasteiger partial charge is 0.238 e. The first-order valence-corrected chi connectivity index (χ1v) is 8.76. The summed E-state index contributed by atoms with van der Waals surface area (Å²) in [7, 11) is -1.83. The summed E-state index contributed by atoms with van der Waals surface area (Å²) in [5, 5.41) is 8.06. The van der Waals surface area contributed by atoms with Crippen LogP contribution in [0.2, 0.25) is 0 Å². The van der Waals surface area contributed by atoms with Crippen molar-refractivity contribution in [2.75, 3.05) is 44.7 Å². The van der Waals surface area contributed by atoms with Gasteiger partial charge in [0.25, 0.3) is 0 Å². The van der Waals surface area contributed by atoms with E-state index in [1.165, 1.54) is 12.1 Å². The normalized spacial score (nSPS) is 15.9. The number of carbonyl (C=O) groups is 1. The minimum atomic E-state index is -3.66. The Morgan fingerprint density at radius 3 is 2.27 bits per heavy atom. The maximum absolute atomic E-state index is 11.9. The van der Waals surface area contributed by atoms with E-state index in [0.29, 0.717) is 26.1 Å². The van der Waals surface area contributed by atoms with Gasteiger partial charge in [0.05, 0.1) is 4.90 Å². The summed E-state index contributed by atoms with van der Waals surface area (Å²) < 4.78 is 22.5. The van der Waals surface area contributed by atoms with Gasteiger partial charge in [-0.25, -0.2) is 13.6 Å². The highest BCUT2D eigenvalue weighted by atomic mass is 32.2. The Morgan fingerprint density at radius 1 is 1.18 bits per heavy atom. The van der Waals surface area contributed by atoms with E-state index in [2.05, 4.69) is 10.2 Å². The van der Waals surface area contributed by atoms with Crippen LogP contribution in [0.25, 0.3) is 0 Å². The second-order valence-corrected chi connectivity index (χ2v) is 6.82. The van der Waals surface area contributed by atoms with Gasteiger partial charge in [0.15, 0.2) is 0 Å². The molecule has 1 fully saturated rings. The third-order valence-corrected chi connectivity index (χ3v) is 4.68. The quantitative estimate of drug-likeness (QED) is 0.767. The van der Waals surface area contributed by atoms with E-state index in [1.54, 1.807) is 12.1 Å². The minimum Gasteiger partial charge on any atom is -0.368 e. The van der Waals surface area contributed by atoms with Crippen molar-refractivity contribution >= 4 is 21.6 Å². The van der Waals surface area contributed by atoms with Crippen LogP contribution in [0.4, 0.5) is 5.69 Å². The molecule has 1 aromatic rings. The summed E-state index contributed by atoms with van der Waals surface area (Å²) in [6, 6.07) is 6.51. The molecule has 1 aliphatic heterocycles. The van der Waals surface area contributed by atoms with Crippen LogP contribution in [0.1, 0.15) is 6.42 Å². The van der Waals surface area contributed by atoms with Crippen LogP contribution in [-0.2, 0) is 14.8 Å². The standard InChI is InChI=1S/C14H22N4O3S/c1-16-7-6-14(19)18-10-8-17(9-11-18)12-2-4-13(5-3-12)22(15,20)21/h2-5,16H,6-11H2,1H3,(H2,15,20,21). The SMILES string of the molecule is CNCCC(=O)N1CCN(c2ccc(S(N)(=O)=O)cc2)CC1. The second kappa shape index (κ2) is 7.08. The number of nitrogens with one attached hydrogen (secondary N) is 1. The monoisotopic (exact) mass is 326 g/mol. The van der Waals surface area contributed by atoms with E-state index in [4.69, 9.17) is 5.14 Å². The fourth-order valence-corrected chi connectivity index (χ4v) is 2.97. The molecule has 0 radical (unpaired) electrons. The predicted octanol–water partition coefficient (Wildman–Crippen LogP) is -0.408. The summed E-state index contributed by atoms with van der Waals surface area (Å²) in [5.41, 5.74) is 0.940. The fraction of sp³-hybridized carbons (Fsp3) is 0.500. The van der Waals surface area contributed by atoms with Crippen molar-refractivity contribution in [3.8, 4) is 0 Å². The van der Waals surface area contributed by atoms with Gasteiger partial charge >= 0.3 is 0 Å². The lowest BCUT2D eigenvalue weighted by atomic mass is 10.2. The predicted molar refractivity (Wildman–Crippen MR) is 85.2 cm³/mol. The molecule has 1 saturated heterocycles. The van der Waals surface area contributed by atoms with Gasteiger partial charge in [0, 0.05) is 44.8 Å². The highest BCUT2D eigenvalue weighted by molar-refractivity contribution is 7.89. The number of anilines is 1. The van der Waals surface area contributed by atoms with Gasteiger partial charge in [-0.05, 0) is 31.3 Å². The number of primary sulfonamides is 1. The summed E-state index contributed by atoms with van der Waals surface area (Å²) >= 11 is 0. The molecule has 1 aromatic carbocycles. The molecular formula is C14H22N4O3S. The molecule has 122 valence electrons. The van der Waals surface area contributed by atoms with Crippen LogP contribution in [0.3, 0.4) is 0 Å². The first kappa shape index (κ1) is 16.7. The van der Waals surface area contributed by atoms with Gasteiger partial charge in [-0.1, -0.05) is 0 Å². The van der Waals surface area contributed by atoms with Crippen LogP contribution < -0.4 is 15.4 Å². The molecule has 2 rings (SSSR count). The highest BCUT2D eigenvalue weighted by Gasteiger charge is 2.21. The summed E-state index contributed by atoms with van der Waals surface area (Å²) in [4.78, 5) is 16.1. The minimum absolute atomic E-state index is 0.108. The molecule has 22 heavy (non-hydrogen) atoms. The zero-order valence-electron chi connectivity index (χ0n) is 12.7. The van der Waals surface area contributed by atoms with Gasteiger partial charge in [-0.2, -0.15) is 0 Å². The lowest BCUT2D eigenvalue weighted by Gasteiger charge is -2.36. The number of nitrogens with zero attached hydrogens (tertiary/aromatic N) is 2. The highest BCUT2D eigenvalue weighted by Crippen LogP contribution is 2.19. The first-order valence-electron chi connectivity index (χ1n) is 7.22. The van der Waals surface area contributed by atoms with Crippen molar-refractivity contribution in [2.45, 2.75) is 11.3 Å². The first-order chi connectivity index (χ1) is 10.4. The van der Waals surface area contributed by atoms with Crippen molar-refractivity contribution in [2.24, 2.45) is 5.14 Å². The molecule has 7 nitrogen and oxygen atoms in total. The van der Waals surface area contributed by atoms with Crippen molar-refractivity contribution in [3.63, 3.8) is 0 Å². The Balaban J connectivity index is 1.93. The fourth-order valence-electron chi connectivity index (χ4n) is 2.45. The zero-order valence-corrected chi connectivity index (χ0v) is 13.5. The number of hydrogen-bond acceptors (Lipinski definition) is 5. The summed E-state index contributed by atoms with van der Waals surface area (Å²) in [6.07, 6.45) is 0.513. The lowest BCUT2D eigenvalue weighted by molar-refractivity contribution is -0.131. The number of sulfonamides is 1. The molecule has 1 aliphatic rings. The van der Waals surface area contributed by atoms with Gasteiger partial charge in [-0.15, -0.1) is 0 Å². The van der Waals surface area contributed by atoms with Gasteiger partial charge in [0.2, 0.25) is 15.9 Å². The van der Waals surface area contributed by atoms with Crippen molar-refractivity contribution in [1.29, 1.82) is 0 Å². The summed E-state index contributed by atoms with van der Waals surface area (Å²) in [6.45, 7) is 3.52. The number of benzene rings is 1. The van der Waals surface area contributed by atoms with Crippen LogP contribution >= 0.6 is 0 Å². The molecule has 8 heteroatoms. The number of piperazine rings is 1. The molecule has 3 N–H and O–H groups in total. The number of hydrogen-bond donors (Lipinski definition) is 2. The molecule has 0 spiro atoms. The summed E-state index contributed by atoms with van der Waals surface area (Å²) in [5.74, 6) is 0.165. The lowest BCUT2D eigenvalue weighted by Crippen LogP contribution is -2.49. The van der Waals surface area contributed by atoms with Crippen molar-refractivity contribution in [1.82, 2.24) is 10.2 Å². The van der Waals surface area contributed by atoms with Crippen LogP contribution in [0.15, 0.2) is 29.2 Å². The number of nitrogens with two attached hydrogens (primary N) is 1. The molecule has 0 saturated carbocycles. The van der Waals surface area contributed by atoms with Crippen LogP contribution in [-0.4, -0.2) is 59.0 Å². The number of rotatable bonds is 5. The van der Waals surface area contributed by atoms with Gasteiger partial charge in [0.1, 0.15) is 0 Å². The van der Waals surface area contributed by atoms with E-state index in [1.807, 2.05) is 11.9 Å². The Bertz CT molecular complexity index is 607. The molecule has 0 unspecified atom stereocenters. The molecular weight excluding hydrogens is 304 g/mol. The maximum atomic E-state index is 11.9. The third-order valence-electron chi connectivity index (χ3n) is 3.75. The Morgan fingerprint density at radius 2 is 1.77 bits per heavy atom. The third kappa shape index (κ3) is 4.19. The van der Waals surface area contributed by atoms with E-state index < -0.39 is 10.0 Å². The van der Waals surface area contributed by atoms with E-state index >= 15 is 0 Å². The number of carbonyl (C=O) groups excluding carboxylic acids is 1. The van der Waals surface area contributed by atoms with Gasteiger partial charge < -0.3 is 15.1 Å². The Hall–Kier alpha value is -1.64. The Labute approximate surface area is 131 Å². The van der Waals surface area contributed by atoms with E-state index in [9.17, 15) is 13.2 Å². The van der Waals surface area contributed by atoms with Crippen molar-refractivity contribution in [3.05, 3.63) is 24.3 Å². The average molecular weight is 326 g/mol. The molecule has 1 heterocycles. The number of amides is 1. The molecule has 1 amide bonds. The largest absolute Gasteiger partial charge is 0.368 e. The molecule has 0 atom stereocenters. The van der Waals surface area contributed by atoms with Crippen LogP contribution in [0, 0.1) is 0 Å². The van der Waals surface area contributed by atoms with E-state index in [-0.39, 0.29) is 10.8 Å². The topological polar surface area (TPSA) is 95.7 Å². The molecule has 0 aromatic heterocycles. The average Bonchev–Trinajstić information content (AvgIpc) is 2.52. The van der Waals surface area contributed by atoms with Crippen LogP contribution in [0.5, 0.6) is 0 Å². The second-order valence-electron chi connectivity index (χ2n) is 5.26.